The lowest BCUT2D eigenvalue weighted by Crippen LogP contribution is -2.43. The molecule has 1 aliphatic heterocycles. The number of piperidine rings is 1. The van der Waals surface area contributed by atoms with Crippen molar-refractivity contribution >= 4 is 0 Å². The van der Waals surface area contributed by atoms with Crippen LogP contribution in [-0.2, 0) is 22.9 Å². The smallest absolute Gasteiger partial charge is 0.416 e. The van der Waals surface area contributed by atoms with Crippen LogP contribution in [0, 0.1) is 11.6 Å². The topological polar surface area (TPSA) is 21.7 Å². The molecule has 0 bridgehead atoms. The molecule has 1 fully saturated rings. The molecule has 0 unspecified atom stereocenters. The summed E-state index contributed by atoms with van der Waals surface area (Å²) in [7, 11) is 3.24. The first kappa shape index (κ1) is 26.1. The SMILES string of the molecule is COc1cc(F)c(-c2cc(COCC3(c4ccccc4)CCN(C)CC3)cc(C(F)(F)F)c2)cc1F. The summed E-state index contributed by atoms with van der Waals surface area (Å²) in [6.45, 7) is 2.01. The van der Waals surface area contributed by atoms with Crippen molar-refractivity contribution < 1.29 is 31.4 Å². The second-order valence-corrected chi connectivity index (χ2v) is 9.33. The Labute approximate surface area is 207 Å². The van der Waals surface area contributed by atoms with Crippen LogP contribution in [0.5, 0.6) is 5.75 Å². The molecule has 0 aromatic heterocycles. The molecular formula is C28H28F5NO2. The first-order valence-electron chi connectivity index (χ1n) is 11.7. The molecule has 1 heterocycles. The molecule has 3 nitrogen and oxygen atoms in total. The maximum absolute atomic E-state index is 14.7. The van der Waals surface area contributed by atoms with E-state index in [4.69, 9.17) is 9.47 Å². The zero-order chi connectivity index (χ0) is 25.9. The normalized spacial score (nSPS) is 16.2. The lowest BCUT2D eigenvalue weighted by molar-refractivity contribution is -0.137. The van der Waals surface area contributed by atoms with Crippen LogP contribution in [0.1, 0.15) is 29.5 Å². The first-order chi connectivity index (χ1) is 17.1. The van der Waals surface area contributed by atoms with Crippen LogP contribution >= 0.6 is 0 Å². The number of likely N-dealkylation sites (tertiary alicyclic amines) is 1. The maximum atomic E-state index is 14.7. The minimum atomic E-state index is -4.66. The van der Waals surface area contributed by atoms with Gasteiger partial charge in [0.05, 0.1) is 25.9 Å². The number of alkyl halides is 3. The van der Waals surface area contributed by atoms with Crippen molar-refractivity contribution in [2.45, 2.75) is 31.0 Å². The van der Waals surface area contributed by atoms with E-state index in [0.717, 1.165) is 55.8 Å². The van der Waals surface area contributed by atoms with Crippen LogP contribution < -0.4 is 4.74 Å². The van der Waals surface area contributed by atoms with Crippen LogP contribution in [0.3, 0.4) is 0 Å². The van der Waals surface area contributed by atoms with E-state index < -0.39 is 23.4 Å². The number of nitrogens with zero attached hydrogens (tertiary/aromatic N) is 1. The van der Waals surface area contributed by atoms with Gasteiger partial charge in [0.15, 0.2) is 11.6 Å². The van der Waals surface area contributed by atoms with Gasteiger partial charge in [-0.05, 0) is 73.9 Å². The Bertz CT molecular complexity index is 1190. The molecule has 0 radical (unpaired) electrons. The molecule has 0 saturated carbocycles. The van der Waals surface area contributed by atoms with Crippen molar-refractivity contribution in [2.24, 2.45) is 0 Å². The summed E-state index contributed by atoms with van der Waals surface area (Å²) in [6, 6.07) is 14.9. The minimum Gasteiger partial charge on any atom is -0.494 e. The Balaban J connectivity index is 1.62. The van der Waals surface area contributed by atoms with Crippen molar-refractivity contribution in [3.8, 4) is 16.9 Å². The molecule has 36 heavy (non-hydrogen) atoms. The lowest BCUT2D eigenvalue weighted by Gasteiger charge is -2.41. The number of hydrogen-bond donors (Lipinski definition) is 0. The van der Waals surface area contributed by atoms with Crippen molar-refractivity contribution in [1.82, 2.24) is 4.90 Å². The average Bonchev–Trinajstić information content (AvgIpc) is 2.86. The zero-order valence-corrected chi connectivity index (χ0v) is 20.2. The van der Waals surface area contributed by atoms with E-state index in [1.54, 1.807) is 0 Å². The summed E-state index contributed by atoms with van der Waals surface area (Å²) in [5, 5.41) is 0. The summed E-state index contributed by atoms with van der Waals surface area (Å²) in [4.78, 5) is 2.24. The molecule has 4 rings (SSSR count). The second-order valence-electron chi connectivity index (χ2n) is 9.33. The maximum Gasteiger partial charge on any atom is 0.416 e. The van der Waals surface area contributed by atoms with Gasteiger partial charge in [0.25, 0.3) is 0 Å². The highest BCUT2D eigenvalue weighted by molar-refractivity contribution is 5.67. The van der Waals surface area contributed by atoms with Crippen LogP contribution in [0.25, 0.3) is 11.1 Å². The van der Waals surface area contributed by atoms with Crippen molar-refractivity contribution in [3.63, 3.8) is 0 Å². The van der Waals surface area contributed by atoms with Crippen LogP contribution in [0.4, 0.5) is 22.0 Å². The van der Waals surface area contributed by atoms with Crippen molar-refractivity contribution in [2.75, 3.05) is 33.9 Å². The molecule has 192 valence electrons. The quantitative estimate of drug-likeness (QED) is 0.328. The second kappa shape index (κ2) is 10.6. The fourth-order valence-electron chi connectivity index (χ4n) is 4.72. The summed E-state index contributed by atoms with van der Waals surface area (Å²) < 4.78 is 80.7. The third kappa shape index (κ3) is 5.71. The largest absolute Gasteiger partial charge is 0.494 e. The molecule has 0 spiro atoms. The zero-order valence-electron chi connectivity index (χ0n) is 20.2. The summed E-state index contributed by atoms with van der Waals surface area (Å²) >= 11 is 0. The predicted octanol–water partition coefficient (Wildman–Crippen LogP) is 6.84. The molecule has 1 aliphatic rings. The van der Waals surface area contributed by atoms with E-state index in [1.807, 2.05) is 18.2 Å². The van der Waals surface area contributed by atoms with E-state index in [1.165, 1.54) is 13.2 Å². The Morgan fingerprint density at radius 2 is 1.61 bits per heavy atom. The molecule has 1 saturated heterocycles. The van der Waals surface area contributed by atoms with E-state index in [0.29, 0.717) is 6.61 Å². The van der Waals surface area contributed by atoms with Gasteiger partial charge >= 0.3 is 6.18 Å². The first-order valence-corrected chi connectivity index (χ1v) is 11.7. The Hall–Kier alpha value is -2.97. The molecule has 3 aromatic rings. The fraction of sp³-hybridized carbons (Fsp3) is 0.357. The number of methoxy groups -OCH3 is 1. The minimum absolute atomic E-state index is 0.0838. The Morgan fingerprint density at radius 1 is 0.917 bits per heavy atom. The molecule has 0 N–H and O–H groups in total. The summed E-state index contributed by atoms with van der Waals surface area (Å²) in [6.07, 6.45) is -2.94. The van der Waals surface area contributed by atoms with Crippen LogP contribution in [0.2, 0.25) is 0 Å². The van der Waals surface area contributed by atoms with E-state index in [-0.39, 0.29) is 34.5 Å². The van der Waals surface area contributed by atoms with E-state index in [9.17, 15) is 22.0 Å². The van der Waals surface area contributed by atoms with Gasteiger partial charge in [0.2, 0.25) is 0 Å². The van der Waals surface area contributed by atoms with Gasteiger partial charge in [-0.3, -0.25) is 0 Å². The predicted molar refractivity (Wildman–Crippen MR) is 128 cm³/mol. The number of rotatable bonds is 7. The lowest BCUT2D eigenvalue weighted by atomic mass is 9.73. The third-order valence-corrected chi connectivity index (χ3v) is 6.85. The van der Waals surface area contributed by atoms with Gasteiger partial charge in [0, 0.05) is 17.0 Å². The van der Waals surface area contributed by atoms with Gasteiger partial charge in [0.1, 0.15) is 5.82 Å². The summed E-state index contributed by atoms with van der Waals surface area (Å²) in [5.41, 5.74) is -0.198. The number of halogens is 5. The van der Waals surface area contributed by atoms with Crippen molar-refractivity contribution in [1.29, 1.82) is 0 Å². The highest BCUT2D eigenvalue weighted by Crippen LogP contribution is 2.38. The monoisotopic (exact) mass is 505 g/mol. The Kier molecular flexibility index (Phi) is 7.66. The number of hydrogen-bond acceptors (Lipinski definition) is 3. The van der Waals surface area contributed by atoms with E-state index >= 15 is 0 Å². The molecule has 8 heteroatoms. The van der Waals surface area contributed by atoms with Crippen LogP contribution in [0.15, 0.2) is 60.7 Å². The Morgan fingerprint density at radius 3 is 2.25 bits per heavy atom. The molecule has 0 amide bonds. The van der Waals surface area contributed by atoms with Crippen LogP contribution in [-0.4, -0.2) is 38.8 Å². The van der Waals surface area contributed by atoms with Gasteiger partial charge in [-0.15, -0.1) is 0 Å². The van der Waals surface area contributed by atoms with Gasteiger partial charge in [-0.1, -0.05) is 30.3 Å². The van der Waals surface area contributed by atoms with Crippen molar-refractivity contribution in [3.05, 3.63) is 89.0 Å². The van der Waals surface area contributed by atoms with Gasteiger partial charge in [-0.2, -0.15) is 13.2 Å². The molecular weight excluding hydrogens is 477 g/mol. The average molecular weight is 506 g/mol. The summed E-state index contributed by atoms with van der Waals surface area (Å²) in [5.74, 6) is -2.07. The molecule has 3 aromatic carbocycles. The number of ether oxygens (including phenoxy) is 2. The third-order valence-electron chi connectivity index (χ3n) is 6.85. The highest BCUT2D eigenvalue weighted by atomic mass is 19.4. The van der Waals surface area contributed by atoms with E-state index in [2.05, 4.69) is 24.1 Å². The number of benzene rings is 3. The van der Waals surface area contributed by atoms with Gasteiger partial charge in [-0.25, -0.2) is 8.78 Å². The molecule has 0 aliphatic carbocycles. The van der Waals surface area contributed by atoms with Gasteiger partial charge < -0.3 is 14.4 Å². The standard InChI is InChI=1S/C28H28F5NO2/c1-34-10-8-27(9-11-34,21-6-4-3-5-7-21)18-36-17-19-12-20(14-22(13-19)28(31,32)33)23-15-25(30)26(35-2)16-24(23)29/h3-7,12-16H,8-11,17-18H2,1-2H3. The molecule has 0 atom stereocenters. The highest BCUT2D eigenvalue weighted by Gasteiger charge is 2.36. The fourth-order valence-corrected chi connectivity index (χ4v) is 4.72.